The molecule has 0 unspecified atom stereocenters. The summed E-state index contributed by atoms with van der Waals surface area (Å²) < 4.78 is 40.4. The Bertz CT molecular complexity index is 1120. The Kier molecular flexibility index (Phi) is 5.29. The Morgan fingerprint density at radius 3 is 2.45 bits per heavy atom. The first kappa shape index (κ1) is 21.4. The Hall–Kier alpha value is -2.87. The molecular weight excluding hydrogens is 429 g/mol. The first-order chi connectivity index (χ1) is 14.3. The molecule has 3 aromatic rings. The number of benzene rings is 1. The van der Waals surface area contributed by atoms with Gasteiger partial charge in [0, 0.05) is 35.6 Å². The van der Waals surface area contributed by atoms with Crippen molar-refractivity contribution in [3.63, 3.8) is 0 Å². The summed E-state index contributed by atoms with van der Waals surface area (Å²) in [6, 6.07) is 8.45. The summed E-state index contributed by atoms with van der Waals surface area (Å²) >= 11 is 0. The SMILES string of the molecule is C[C@H]1CN(c2ccc(C(F)(F)F)cc2)C(=O)c2c(-c3ccnc(C4CC4)c3)cnn21.Cl. The Balaban J connectivity index is 0.00000231. The highest BCUT2D eigenvalue weighted by atomic mass is 35.5. The van der Waals surface area contributed by atoms with E-state index in [4.69, 9.17) is 0 Å². The minimum atomic E-state index is -4.41. The van der Waals surface area contributed by atoms with Gasteiger partial charge in [0.25, 0.3) is 5.91 Å². The zero-order valence-electron chi connectivity index (χ0n) is 16.6. The molecular formula is C22H20ClF3N4O. The van der Waals surface area contributed by atoms with Gasteiger partial charge in [-0.3, -0.25) is 14.5 Å². The van der Waals surface area contributed by atoms with Crippen LogP contribution in [0.1, 0.15) is 53.5 Å². The van der Waals surface area contributed by atoms with Crippen molar-refractivity contribution in [3.8, 4) is 11.1 Å². The van der Waals surface area contributed by atoms with E-state index in [1.54, 1.807) is 17.1 Å². The Morgan fingerprint density at radius 2 is 1.81 bits per heavy atom. The number of nitrogens with zero attached hydrogens (tertiary/aromatic N) is 4. The van der Waals surface area contributed by atoms with E-state index < -0.39 is 11.7 Å². The van der Waals surface area contributed by atoms with Crippen LogP contribution in [0, 0.1) is 0 Å². The van der Waals surface area contributed by atoms with Crippen molar-refractivity contribution in [2.24, 2.45) is 0 Å². The molecule has 2 aliphatic rings. The number of rotatable bonds is 3. The molecule has 2 aromatic heterocycles. The predicted octanol–water partition coefficient (Wildman–Crippen LogP) is 5.48. The highest BCUT2D eigenvalue weighted by molar-refractivity contribution is 6.09. The van der Waals surface area contributed by atoms with Gasteiger partial charge >= 0.3 is 6.18 Å². The Labute approximate surface area is 183 Å². The van der Waals surface area contributed by atoms with Gasteiger partial charge in [0.1, 0.15) is 5.69 Å². The van der Waals surface area contributed by atoms with Crippen LogP contribution >= 0.6 is 12.4 Å². The number of pyridine rings is 1. The number of carbonyl (C=O) groups excluding carboxylic acids is 1. The third kappa shape index (κ3) is 3.80. The Morgan fingerprint density at radius 1 is 1.10 bits per heavy atom. The molecule has 5 nitrogen and oxygen atoms in total. The lowest BCUT2D eigenvalue weighted by atomic mass is 10.0. The van der Waals surface area contributed by atoms with E-state index in [0.29, 0.717) is 29.4 Å². The highest BCUT2D eigenvalue weighted by Gasteiger charge is 2.35. The topological polar surface area (TPSA) is 51.0 Å². The number of hydrogen-bond donors (Lipinski definition) is 0. The second-order valence-corrected chi connectivity index (χ2v) is 7.90. The summed E-state index contributed by atoms with van der Waals surface area (Å²) in [5, 5.41) is 4.43. The number of carbonyl (C=O) groups is 1. The number of aromatic nitrogens is 3. The van der Waals surface area contributed by atoms with Crippen LogP contribution in [0.2, 0.25) is 0 Å². The van der Waals surface area contributed by atoms with Crippen LogP contribution in [-0.2, 0) is 6.18 Å². The van der Waals surface area contributed by atoms with E-state index >= 15 is 0 Å². The fraction of sp³-hybridized carbons (Fsp3) is 0.318. The third-order valence-electron chi connectivity index (χ3n) is 5.70. The molecule has 162 valence electrons. The molecule has 1 amide bonds. The lowest BCUT2D eigenvalue weighted by Crippen LogP contribution is -2.42. The van der Waals surface area contributed by atoms with E-state index in [1.165, 1.54) is 17.0 Å². The maximum Gasteiger partial charge on any atom is 0.416 e. The van der Waals surface area contributed by atoms with Gasteiger partial charge in [-0.1, -0.05) is 0 Å². The van der Waals surface area contributed by atoms with Gasteiger partial charge in [0.15, 0.2) is 0 Å². The quantitative estimate of drug-likeness (QED) is 0.532. The van der Waals surface area contributed by atoms with Crippen molar-refractivity contribution in [3.05, 3.63) is 65.7 Å². The van der Waals surface area contributed by atoms with Crippen LogP contribution in [0.3, 0.4) is 0 Å². The molecule has 0 spiro atoms. The van der Waals surface area contributed by atoms with E-state index in [2.05, 4.69) is 10.1 Å². The van der Waals surface area contributed by atoms with Gasteiger partial charge in [-0.05, 0) is 61.7 Å². The van der Waals surface area contributed by atoms with Gasteiger partial charge in [-0.15, -0.1) is 12.4 Å². The number of alkyl halides is 3. The number of amides is 1. The summed E-state index contributed by atoms with van der Waals surface area (Å²) in [7, 11) is 0. The monoisotopic (exact) mass is 448 g/mol. The third-order valence-corrected chi connectivity index (χ3v) is 5.70. The molecule has 0 radical (unpaired) electrons. The van der Waals surface area contributed by atoms with Gasteiger partial charge in [-0.2, -0.15) is 18.3 Å². The van der Waals surface area contributed by atoms with Crippen LogP contribution in [-0.4, -0.2) is 27.2 Å². The van der Waals surface area contributed by atoms with E-state index in [1.807, 2.05) is 19.1 Å². The van der Waals surface area contributed by atoms with Gasteiger partial charge in [0.05, 0.1) is 17.8 Å². The molecule has 0 N–H and O–H groups in total. The summed E-state index contributed by atoms with van der Waals surface area (Å²) in [4.78, 5) is 19.3. The van der Waals surface area contributed by atoms with E-state index in [9.17, 15) is 18.0 Å². The van der Waals surface area contributed by atoms with Gasteiger partial charge < -0.3 is 4.90 Å². The molecule has 1 atom stereocenters. The number of hydrogen-bond acceptors (Lipinski definition) is 3. The average Bonchev–Trinajstić information content (AvgIpc) is 3.48. The molecule has 0 saturated heterocycles. The van der Waals surface area contributed by atoms with Gasteiger partial charge in [0.2, 0.25) is 0 Å². The molecule has 31 heavy (non-hydrogen) atoms. The van der Waals surface area contributed by atoms with Crippen molar-refractivity contribution in [1.29, 1.82) is 0 Å². The number of fused-ring (bicyclic) bond motifs is 1. The molecule has 3 heterocycles. The minimum Gasteiger partial charge on any atom is -0.305 e. The zero-order valence-corrected chi connectivity index (χ0v) is 17.5. The van der Waals surface area contributed by atoms with Crippen LogP contribution in [0.5, 0.6) is 0 Å². The second-order valence-electron chi connectivity index (χ2n) is 7.90. The maximum atomic E-state index is 13.4. The normalized spacial score (nSPS) is 18.5. The number of halogens is 4. The lowest BCUT2D eigenvalue weighted by molar-refractivity contribution is -0.137. The zero-order chi connectivity index (χ0) is 21.0. The van der Waals surface area contributed by atoms with Crippen molar-refractivity contribution in [1.82, 2.24) is 14.8 Å². The number of anilines is 1. The fourth-order valence-corrected chi connectivity index (χ4v) is 3.94. The molecule has 1 aromatic carbocycles. The van der Waals surface area contributed by atoms with Crippen molar-refractivity contribution < 1.29 is 18.0 Å². The van der Waals surface area contributed by atoms with Crippen LogP contribution in [0.15, 0.2) is 48.8 Å². The summed E-state index contributed by atoms with van der Waals surface area (Å²) in [6.07, 6.45) is 1.27. The minimum absolute atomic E-state index is 0. The van der Waals surface area contributed by atoms with Crippen LogP contribution in [0.4, 0.5) is 18.9 Å². The largest absolute Gasteiger partial charge is 0.416 e. The van der Waals surface area contributed by atoms with Gasteiger partial charge in [-0.25, -0.2) is 0 Å². The first-order valence-electron chi connectivity index (χ1n) is 9.86. The molecule has 5 rings (SSSR count). The second kappa shape index (κ2) is 7.67. The highest BCUT2D eigenvalue weighted by Crippen LogP contribution is 2.41. The molecule has 0 bridgehead atoms. The standard InChI is InChI=1S/C22H19F3N4O.ClH/c1-13-12-28(17-6-4-16(5-7-17)22(23,24)25)21(30)20-18(11-27-29(13)20)15-8-9-26-19(10-15)14-2-3-14;/h4-11,13-14H,2-3,12H2,1H3;1H/t13-;/m0./s1. The first-order valence-corrected chi connectivity index (χ1v) is 9.86. The molecule has 9 heteroatoms. The predicted molar refractivity (Wildman–Crippen MR) is 113 cm³/mol. The lowest BCUT2D eigenvalue weighted by Gasteiger charge is -2.32. The molecule has 1 saturated carbocycles. The maximum absolute atomic E-state index is 13.4. The fourth-order valence-electron chi connectivity index (χ4n) is 3.94. The average molecular weight is 449 g/mol. The van der Waals surface area contributed by atoms with Crippen molar-refractivity contribution >= 4 is 24.0 Å². The van der Waals surface area contributed by atoms with Crippen molar-refractivity contribution in [2.75, 3.05) is 11.4 Å². The van der Waals surface area contributed by atoms with E-state index in [-0.39, 0.29) is 24.4 Å². The molecule has 1 fully saturated rings. The summed E-state index contributed by atoms with van der Waals surface area (Å²) in [6.45, 7) is 2.27. The molecule has 1 aliphatic heterocycles. The van der Waals surface area contributed by atoms with E-state index in [0.717, 1.165) is 36.2 Å². The van der Waals surface area contributed by atoms with Crippen molar-refractivity contribution in [2.45, 2.75) is 37.9 Å². The summed E-state index contributed by atoms with van der Waals surface area (Å²) in [5.41, 5.74) is 2.76. The van der Waals surface area contributed by atoms with Crippen LogP contribution in [0.25, 0.3) is 11.1 Å². The smallest absolute Gasteiger partial charge is 0.305 e. The summed E-state index contributed by atoms with van der Waals surface area (Å²) in [5.74, 6) is 0.208. The van der Waals surface area contributed by atoms with Crippen LogP contribution < -0.4 is 4.90 Å². The molecule has 1 aliphatic carbocycles.